The Morgan fingerprint density at radius 3 is 2.16 bits per heavy atom. The summed E-state index contributed by atoms with van der Waals surface area (Å²) in [6.07, 6.45) is 0. The van der Waals surface area contributed by atoms with Crippen molar-refractivity contribution in [2.24, 2.45) is 0 Å². The van der Waals surface area contributed by atoms with Crippen LogP contribution in [0, 0.1) is 27.7 Å². The van der Waals surface area contributed by atoms with E-state index in [0.717, 1.165) is 32.8 Å². The van der Waals surface area contributed by atoms with Gasteiger partial charge in [0, 0.05) is 19.6 Å². The number of ether oxygens (including phenoxy) is 1. The van der Waals surface area contributed by atoms with Gasteiger partial charge in [-0.1, -0.05) is 6.07 Å². The Bertz CT molecular complexity index is 426. The van der Waals surface area contributed by atoms with E-state index in [0.29, 0.717) is 0 Å². The van der Waals surface area contributed by atoms with Gasteiger partial charge in [0.25, 0.3) is 0 Å². The lowest BCUT2D eigenvalue weighted by Crippen LogP contribution is -2.38. The van der Waals surface area contributed by atoms with Crippen molar-refractivity contribution < 1.29 is 4.74 Å². The third kappa shape index (κ3) is 3.31. The monoisotopic (exact) mass is 281 g/mol. The molecule has 1 heterocycles. The SMILES string of the molecule is Cc1cc(C)c(C)c(C(Cl)CN2CCOCC2)c1C. The van der Waals surface area contributed by atoms with Gasteiger partial charge in [0.1, 0.15) is 0 Å². The van der Waals surface area contributed by atoms with Crippen LogP contribution in [0.5, 0.6) is 0 Å². The average Bonchev–Trinajstić information content (AvgIpc) is 2.38. The fourth-order valence-corrected chi connectivity index (χ4v) is 3.34. The molecule has 1 aromatic rings. The Labute approximate surface area is 121 Å². The molecule has 0 saturated carbocycles. The van der Waals surface area contributed by atoms with Crippen molar-refractivity contribution >= 4 is 11.6 Å². The fraction of sp³-hybridized carbons (Fsp3) is 0.625. The Morgan fingerprint density at radius 2 is 1.63 bits per heavy atom. The van der Waals surface area contributed by atoms with E-state index in [9.17, 15) is 0 Å². The molecular weight excluding hydrogens is 258 g/mol. The van der Waals surface area contributed by atoms with Crippen LogP contribution in [0.2, 0.25) is 0 Å². The van der Waals surface area contributed by atoms with Crippen molar-refractivity contribution in [1.29, 1.82) is 0 Å². The molecule has 2 nitrogen and oxygen atoms in total. The van der Waals surface area contributed by atoms with Crippen LogP contribution in [0.1, 0.15) is 33.2 Å². The van der Waals surface area contributed by atoms with E-state index in [4.69, 9.17) is 16.3 Å². The summed E-state index contributed by atoms with van der Waals surface area (Å²) in [6, 6.07) is 2.26. The molecule has 1 unspecified atom stereocenters. The van der Waals surface area contributed by atoms with Gasteiger partial charge in [-0.25, -0.2) is 0 Å². The van der Waals surface area contributed by atoms with E-state index in [1.54, 1.807) is 0 Å². The first-order valence-corrected chi connectivity index (χ1v) is 7.45. The van der Waals surface area contributed by atoms with Crippen molar-refractivity contribution in [3.05, 3.63) is 33.9 Å². The molecule has 1 atom stereocenters. The summed E-state index contributed by atoms with van der Waals surface area (Å²) < 4.78 is 5.39. The zero-order valence-electron chi connectivity index (χ0n) is 12.4. The summed E-state index contributed by atoms with van der Waals surface area (Å²) in [5.41, 5.74) is 6.69. The minimum Gasteiger partial charge on any atom is -0.379 e. The Kier molecular flexibility index (Phi) is 4.88. The van der Waals surface area contributed by atoms with Crippen LogP contribution < -0.4 is 0 Å². The van der Waals surface area contributed by atoms with E-state index < -0.39 is 0 Å². The van der Waals surface area contributed by atoms with E-state index in [2.05, 4.69) is 38.7 Å². The topological polar surface area (TPSA) is 12.5 Å². The number of benzene rings is 1. The highest BCUT2D eigenvalue weighted by Crippen LogP contribution is 2.32. The molecule has 1 aliphatic heterocycles. The lowest BCUT2D eigenvalue weighted by molar-refractivity contribution is 0.0378. The molecule has 0 aromatic heterocycles. The number of hydrogen-bond acceptors (Lipinski definition) is 2. The number of halogens is 1. The fourth-order valence-electron chi connectivity index (χ4n) is 2.82. The first kappa shape index (κ1) is 14.8. The molecule has 1 fully saturated rings. The number of hydrogen-bond donors (Lipinski definition) is 0. The smallest absolute Gasteiger partial charge is 0.0717 e. The molecule has 0 amide bonds. The Hall–Kier alpha value is -0.570. The van der Waals surface area contributed by atoms with E-state index in [1.165, 1.54) is 27.8 Å². The number of morpholine rings is 1. The molecule has 0 radical (unpaired) electrons. The number of rotatable bonds is 3. The standard InChI is InChI=1S/C16H24ClNO/c1-11-9-12(2)14(4)16(13(11)3)15(17)10-18-5-7-19-8-6-18/h9,15H,5-8,10H2,1-4H3. The molecule has 0 bridgehead atoms. The highest BCUT2D eigenvalue weighted by atomic mass is 35.5. The quantitative estimate of drug-likeness (QED) is 0.786. The summed E-state index contributed by atoms with van der Waals surface area (Å²) in [4.78, 5) is 2.40. The second kappa shape index (κ2) is 6.25. The van der Waals surface area contributed by atoms with Crippen molar-refractivity contribution in [2.75, 3.05) is 32.8 Å². The summed E-state index contributed by atoms with van der Waals surface area (Å²) in [5.74, 6) is 0. The molecule has 2 rings (SSSR count). The van der Waals surface area contributed by atoms with Gasteiger partial charge >= 0.3 is 0 Å². The first-order chi connectivity index (χ1) is 9.00. The number of alkyl halides is 1. The maximum absolute atomic E-state index is 6.71. The molecule has 3 heteroatoms. The number of aryl methyl sites for hydroxylation is 2. The summed E-state index contributed by atoms with van der Waals surface area (Å²) in [5, 5.41) is 0.0664. The van der Waals surface area contributed by atoms with Gasteiger partial charge in [-0.3, -0.25) is 4.90 Å². The van der Waals surface area contributed by atoms with Gasteiger partial charge in [0.15, 0.2) is 0 Å². The molecular formula is C16H24ClNO. The largest absolute Gasteiger partial charge is 0.379 e. The first-order valence-electron chi connectivity index (χ1n) is 7.02. The zero-order valence-corrected chi connectivity index (χ0v) is 13.2. The lowest BCUT2D eigenvalue weighted by atomic mass is 9.92. The molecule has 106 valence electrons. The van der Waals surface area contributed by atoms with Gasteiger partial charge in [0.05, 0.1) is 18.6 Å². The summed E-state index contributed by atoms with van der Waals surface area (Å²) >= 11 is 6.71. The highest BCUT2D eigenvalue weighted by molar-refractivity contribution is 6.21. The summed E-state index contributed by atoms with van der Waals surface area (Å²) in [6.45, 7) is 13.3. The third-order valence-corrected chi connectivity index (χ3v) is 4.62. The lowest BCUT2D eigenvalue weighted by Gasteiger charge is -2.30. The van der Waals surface area contributed by atoms with Crippen LogP contribution in [-0.4, -0.2) is 37.7 Å². The van der Waals surface area contributed by atoms with Gasteiger partial charge in [-0.15, -0.1) is 11.6 Å². The van der Waals surface area contributed by atoms with Gasteiger partial charge < -0.3 is 4.74 Å². The minimum atomic E-state index is 0.0664. The predicted octanol–water partition coefficient (Wildman–Crippen LogP) is 3.53. The van der Waals surface area contributed by atoms with Crippen LogP contribution in [0.25, 0.3) is 0 Å². The average molecular weight is 282 g/mol. The van der Waals surface area contributed by atoms with E-state index in [-0.39, 0.29) is 5.38 Å². The van der Waals surface area contributed by atoms with Crippen LogP contribution in [0.4, 0.5) is 0 Å². The Balaban J connectivity index is 2.20. The predicted molar refractivity (Wildman–Crippen MR) is 81.2 cm³/mol. The number of nitrogens with zero attached hydrogens (tertiary/aromatic N) is 1. The van der Waals surface area contributed by atoms with Crippen molar-refractivity contribution in [1.82, 2.24) is 4.90 Å². The molecule has 19 heavy (non-hydrogen) atoms. The Morgan fingerprint density at radius 1 is 1.11 bits per heavy atom. The van der Waals surface area contributed by atoms with Crippen molar-refractivity contribution in [3.63, 3.8) is 0 Å². The van der Waals surface area contributed by atoms with E-state index >= 15 is 0 Å². The minimum absolute atomic E-state index is 0.0664. The molecule has 1 aromatic carbocycles. The summed E-state index contributed by atoms with van der Waals surface area (Å²) in [7, 11) is 0. The molecule has 1 aliphatic rings. The molecule has 1 saturated heterocycles. The second-order valence-corrected chi connectivity index (χ2v) is 6.08. The van der Waals surface area contributed by atoms with Crippen LogP contribution in [0.3, 0.4) is 0 Å². The zero-order chi connectivity index (χ0) is 14.0. The van der Waals surface area contributed by atoms with Crippen LogP contribution in [0.15, 0.2) is 6.07 Å². The van der Waals surface area contributed by atoms with Crippen LogP contribution >= 0.6 is 11.6 Å². The van der Waals surface area contributed by atoms with Gasteiger partial charge in [-0.2, -0.15) is 0 Å². The molecule has 0 aliphatic carbocycles. The maximum atomic E-state index is 6.71. The van der Waals surface area contributed by atoms with E-state index in [1.807, 2.05) is 0 Å². The third-order valence-electron chi connectivity index (χ3n) is 4.26. The molecule has 0 spiro atoms. The van der Waals surface area contributed by atoms with Crippen molar-refractivity contribution in [2.45, 2.75) is 33.1 Å². The van der Waals surface area contributed by atoms with Crippen LogP contribution in [-0.2, 0) is 4.74 Å². The maximum Gasteiger partial charge on any atom is 0.0717 e. The highest BCUT2D eigenvalue weighted by Gasteiger charge is 2.20. The van der Waals surface area contributed by atoms with Gasteiger partial charge in [0.2, 0.25) is 0 Å². The normalized spacial score (nSPS) is 18.6. The van der Waals surface area contributed by atoms with Gasteiger partial charge in [-0.05, 0) is 55.5 Å². The van der Waals surface area contributed by atoms with Crippen molar-refractivity contribution in [3.8, 4) is 0 Å². The second-order valence-electron chi connectivity index (χ2n) is 5.55. The molecule has 0 N–H and O–H groups in total.